The molecular formula is C17H19BrFN3O2. The first-order valence-corrected chi connectivity index (χ1v) is 8.69. The van der Waals surface area contributed by atoms with Crippen molar-refractivity contribution in [1.29, 1.82) is 0 Å². The second-order valence-corrected chi connectivity index (χ2v) is 6.75. The monoisotopic (exact) mass is 395 g/mol. The van der Waals surface area contributed by atoms with E-state index in [1.165, 1.54) is 12.1 Å². The number of nitrogens with one attached hydrogen (secondary N) is 1. The summed E-state index contributed by atoms with van der Waals surface area (Å²) >= 11 is 3.40. The van der Waals surface area contributed by atoms with Gasteiger partial charge in [-0.3, -0.25) is 9.89 Å². The lowest BCUT2D eigenvalue weighted by Gasteiger charge is -2.25. The molecule has 1 atom stereocenters. The minimum absolute atomic E-state index is 0.0151. The van der Waals surface area contributed by atoms with Gasteiger partial charge in [-0.05, 0) is 53.4 Å². The third kappa shape index (κ3) is 3.84. The molecule has 0 radical (unpaired) electrons. The Morgan fingerprint density at radius 2 is 2.38 bits per heavy atom. The number of carbonyl (C=O) groups is 1. The Morgan fingerprint density at radius 1 is 1.54 bits per heavy atom. The third-order valence-corrected chi connectivity index (χ3v) is 5.04. The van der Waals surface area contributed by atoms with E-state index < -0.39 is 0 Å². The molecule has 1 saturated heterocycles. The predicted molar refractivity (Wildman–Crippen MR) is 91.1 cm³/mol. The van der Waals surface area contributed by atoms with Gasteiger partial charge in [0, 0.05) is 25.4 Å². The van der Waals surface area contributed by atoms with Crippen molar-refractivity contribution in [1.82, 2.24) is 15.1 Å². The van der Waals surface area contributed by atoms with Gasteiger partial charge in [-0.1, -0.05) is 12.1 Å². The molecule has 7 heteroatoms. The summed E-state index contributed by atoms with van der Waals surface area (Å²) in [6.07, 6.45) is 1.94. The Kier molecular flexibility index (Phi) is 5.30. The van der Waals surface area contributed by atoms with Crippen LogP contribution in [0.15, 0.2) is 28.7 Å². The zero-order valence-corrected chi connectivity index (χ0v) is 15.0. The molecule has 0 bridgehead atoms. The molecule has 1 amide bonds. The number of aromatic amines is 1. The minimum atomic E-state index is -0.311. The van der Waals surface area contributed by atoms with E-state index in [0.717, 1.165) is 30.7 Å². The lowest BCUT2D eigenvalue weighted by atomic mass is 10.1. The first-order chi connectivity index (χ1) is 11.5. The molecule has 0 saturated carbocycles. The summed E-state index contributed by atoms with van der Waals surface area (Å²) in [5.74, 6) is -0.514. The molecule has 0 aliphatic carbocycles. The molecule has 24 heavy (non-hydrogen) atoms. The number of nitrogens with zero attached hydrogens (tertiary/aromatic N) is 2. The van der Waals surface area contributed by atoms with Crippen molar-refractivity contribution in [3.63, 3.8) is 0 Å². The first-order valence-electron chi connectivity index (χ1n) is 7.90. The maximum Gasteiger partial charge on any atom is 0.275 e. The van der Waals surface area contributed by atoms with Crippen LogP contribution < -0.4 is 0 Å². The summed E-state index contributed by atoms with van der Waals surface area (Å²) in [7, 11) is 0. The highest BCUT2D eigenvalue weighted by Crippen LogP contribution is 2.22. The summed E-state index contributed by atoms with van der Waals surface area (Å²) in [5, 5.41) is 6.90. The standard InChI is InChI=1S/C17H19BrFN3O2/c1-11-15(18)16(21-20-11)17(23)22(10-14-6-3-7-24-14)9-12-4-2-5-13(19)8-12/h2,4-5,8,14H,3,6-7,9-10H2,1H3,(H,20,21). The fourth-order valence-electron chi connectivity index (χ4n) is 2.82. The molecule has 1 unspecified atom stereocenters. The molecule has 1 aliphatic rings. The number of hydrogen-bond donors (Lipinski definition) is 1. The highest BCUT2D eigenvalue weighted by Gasteiger charge is 2.27. The van der Waals surface area contributed by atoms with Gasteiger partial charge in [-0.25, -0.2) is 4.39 Å². The average molecular weight is 396 g/mol. The van der Waals surface area contributed by atoms with Crippen LogP contribution in [0.1, 0.15) is 34.6 Å². The number of rotatable bonds is 5. The molecule has 2 heterocycles. The summed E-state index contributed by atoms with van der Waals surface area (Å²) in [6.45, 7) is 3.34. The number of amides is 1. The van der Waals surface area contributed by atoms with Crippen LogP contribution in [-0.2, 0) is 11.3 Å². The quantitative estimate of drug-likeness (QED) is 0.843. The first kappa shape index (κ1) is 17.1. The van der Waals surface area contributed by atoms with Crippen LogP contribution in [0.4, 0.5) is 4.39 Å². The predicted octanol–water partition coefficient (Wildman–Crippen LogP) is 3.44. The molecule has 0 spiro atoms. The largest absolute Gasteiger partial charge is 0.376 e. The van der Waals surface area contributed by atoms with E-state index >= 15 is 0 Å². The van der Waals surface area contributed by atoms with E-state index in [2.05, 4.69) is 26.1 Å². The molecule has 1 aliphatic heterocycles. The Labute approximate surface area is 148 Å². The van der Waals surface area contributed by atoms with Crippen molar-refractivity contribution >= 4 is 21.8 Å². The summed E-state index contributed by atoms with van der Waals surface area (Å²) in [4.78, 5) is 14.6. The van der Waals surface area contributed by atoms with Crippen molar-refractivity contribution in [2.45, 2.75) is 32.4 Å². The number of benzene rings is 1. The summed E-state index contributed by atoms with van der Waals surface area (Å²) in [6, 6.07) is 6.29. The molecular weight excluding hydrogens is 377 g/mol. The molecule has 5 nitrogen and oxygen atoms in total. The molecule has 1 aromatic heterocycles. The molecule has 128 valence electrons. The molecule has 1 fully saturated rings. The number of aromatic nitrogens is 2. The highest BCUT2D eigenvalue weighted by molar-refractivity contribution is 9.10. The second kappa shape index (κ2) is 7.44. The van der Waals surface area contributed by atoms with E-state index in [1.54, 1.807) is 11.0 Å². The average Bonchev–Trinajstić information content (AvgIpc) is 3.17. The van der Waals surface area contributed by atoms with E-state index in [-0.39, 0.29) is 17.8 Å². The SMILES string of the molecule is Cc1[nH]nc(C(=O)N(Cc2cccc(F)c2)CC2CCCO2)c1Br. The van der Waals surface area contributed by atoms with Crippen molar-refractivity contribution in [3.8, 4) is 0 Å². The second-order valence-electron chi connectivity index (χ2n) is 5.96. The van der Waals surface area contributed by atoms with E-state index in [4.69, 9.17) is 4.74 Å². The van der Waals surface area contributed by atoms with E-state index in [1.807, 2.05) is 13.0 Å². The number of carbonyl (C=O) groups excluding carboxylic acids is 1. The minimum Gasteiger partial charge on any atom is -0.376 e. The Hall–Kier alpha value is -1.73. The van der Waals surface area contributed by atoms with Gasteiger partial charge >= 0.3 is 0 Å². The van der Waals surface area contributed by atoms with Gasteiger partial charge in [0.25, 0.3) is 5.91 Å². The van der Waals surface area contributed by atoms with Gasteiger partial charge in [0.15, 0.2) is 5.69 Å². The Bertz CT molecular complexity index is 728. The van der Waals surface area contributed by atoms with Gasteiger partial charge in [-0.15, -0.1) is 0 Å². The van der Waals surface area contributed by atoms with Crippen LogP contribution in [0.2, 0.25) is 0 Å². The lowest BCUT2D eigenvalue weighted by molar-refractivity contribution is 0.0502. The molecule has 1 N–H and O–H groups in total. The molecule has 1 aromatic carbocycles. The topological polar surface area (TPSA) is 58.2 Å². The van der Waals surface area contributed by atoms with Crippen molar-refractivity contribution < 1.29 is 13.9 Å². The molecule has 2 aromatic rings. The third-order valence-electron chi connectivity index (χ3n) is 4.07. The van der Waals surface area contributed by atoms with Gasteiger partial charge in [0.05, 0.1) is 10.6 Å². The van der Waals surface area contributed by atoms with Crippen LogP contribution in [0.5, 0.6) is 0 Å². The lowest BCUT2D eigenvalue weighted by Crippen LogP contribution is -2.37. The molecule has 3 rings (SSSR count). The van der Waals surface area contributed by atoms with Crippen molar-refractivity contribution in [3.05, 3.63) is 51.5 Å². The van der Waals surface area contributed by atoms with Crippen LogP contribution in [0.25, 0.3) is 0 Å². The van der Waals surface area contributed by atoms with E-state index in [0.29, 0.717) is 23.3 Å². The fourth-order valence-corrected chi connectivity index (χ4v) is 3.16. The zero-order chi connectivity index (χ0) is 17.1. The summed E-state index contributed by atoms with van der Waals surface area (Å²) in [5.41, 5.74) is 1.87. The van der Waals surface area contributed by atoms with Crippen molar-refractivity contribution in [2.75, 3.05) is 13.2 Å². The normalized spacial score (nSPS) is 17.2. The van der Waals surface area contributed by atoms with Crippen LogP contribution in [0.3, 0.4) is 0 Å². The van der Waals surface area contributed by atoms with Crippen LogP contribution >= 0.6 is 15.9 Å². The van der Waals surface area contributed by atoms with Gasteiger partial charge in [-0.2, -0.15) is 5.10 Å². The Balaban J connectivity index is 1.83. The smallest absolute Gasteiger partial charge is 0.275 e. The van der Waals surface area contributed by atoms with Crippen LogP contribution in [0, 0.1) is 12.7 Å². The number of halogens is 2. The number of ether oxygens (including phenoxy) is 1. The van der Waals surface area contributed by atoms with Gasteiger partial charge in [0.2, 0.25) is 0 Å². The number of H-pyrrole nitrogens is 1. The highest BCUT2D eigenvalue weighted by atomic mass is 79.9. The van der Waals surface area contributed by atoms with E-state index in [9.17, 15) is 9.18 Å². The number of aryl methyl sites for hydroxylation is 1. The fraction of sp³-hybridized carbons (Fsp3) is 0.412. The maximum atomic E-state index is 13.5. The van der Waals surface area contributed by atoms with Crippen LogP contribution in [-0.4, -0.2) is 40.3 Å². The van der Waals surface area contributed by atoms with Gasteiger partial charge < -0.3 is 9.64 Å². The van der Waals surface area contributed by atoms with Gasteiger partial charge in [0.1, 0.15) is 5.82 Å². The Morgan fingerprint density at radius 3 is 3.00 bits per heavy atom. The van der Waals surface area contributed by atoms with Crippen molar-refractivity contribution in [2.24, 2.45) is 0 Å². The number of hydrogen-bond acceptors (Lipinski definition) is 3. The zero-order valence-electron chi connectivity index (χ0n) is 13.4. The summed E-state index contributed by atoms with van der Waals surface area (Å²) < 4.78 is 19.8. The maximum absolute atomic E-state index is 13.5.